The van der Waals surface area contributed by atoms with Crippen molar-refractivity contribution in [2.45, 2.75) is 19.6 Å². The molecule has 4 rings (SSSR count). The second-order valence-electron chi connectivity index (χ2n) is 5.65. The second-order valence-corrected chi connectivity index (χ2v) is 5.65. The number of benzene rings is 1. The van der Waals surface area contributed by atoms with Gasteiger partial charge in [-0.2, -0.15) is 13.2 Å². The molecule has 6 nitrogen and oxygen atoms in total. The number of alkyl halides is 3. The second kappa shape index (κ2) is 5.54. The monoisotopic (exact) mass is 350 g/mol. The summed E-state index contributed by atoms with van der Waals surface area (Å²) in [4.78, 5) is 10.0. The first-order valence-corrected chi connectivity index (χ1v) is 7.47. The zero-order valence-corrected chi connectivity index (χ0v) is 13.1. The van der Waals surface area contributed by atoms with Crippen LogP contribution < -0.4 is 14.8 Å². The Bertz CT molecular complexity index is 952. The minimum absolute atomic E-state index is 0.124. The summed E-state index contributed by atoms with van der Waals surface area (Å²) in [6.07, 6.45) is -4.62. The van der Waals surface area contributed by atoms with E-state index in [9.17, 15) is 13.2 Å². The van der Waals surface area contributed by atoms with E-state index in [2.05, 4.69) is 20.3 Å². The van der Waals surface area contributed by atoms with Crippen molar-refractivity contribution in [2.75, 3.05) is 12.1 Å². The fraction of sp³-hybridized carbons (Fsp3) is 0.250. The van der Waals surface area contributed by atoms with Crippen molar-refractivity contribution in [3.63, 3.8) is 0 Å². The molecule has 0 saturated heterocycles. The molecule has 0 saturated carbocycles. The van der Waals surface area contributed by atoms with Crippen LogP contribution in [-0.2, 0) is 12.7 Å². The Morgan fingerprint density at radius 1 is 1.16 bits per heavy atom. The highest BCUT2D eigenvalue weighted by molar-refractivity contribution is 5.87. The molecule has 2 aromatic heterocycles. The van der Waals surface area contributed by atoms with Gasteiger partial charge in [0.2, 0.25) is 12.6 Å². The Morgan fingerprint density at radius 2 is 1.96 bits per heavy atom. The van der Waals surface area contributed by atoms with Gasteiger partial charge in [-0.3, -0.25) is 0 Å². The van der Waals surface area contributed by atoms with E-state index in [4.69, 9.17) is 9.47 Å². The average Bonchev–Trinajstić information content (AvgIpc) is 3.15. The van der Waals surface area contributed by atoms with Gasteiger partial charge in [0.05, 0.1) is 5.39 Å². The molecule has 0 bridgehead atoms. The number of fused-ring (bicyclic) bond motifs is 2. The molecule has 0 atom stereocenters. The first-order valence-electron chi connectivity index (χ1n) is 7.47. The van der Waals surface area contributed by atoms with E-state index in [1.165, 1.54) is 0 Å². The van der Waals surface area contributed by atoms with Crippen LogP contribution in [0.1, 0.15) is 17.1 Å². The van der Waals surface area contributed by atoms with Crippen LogP contribution in [0.2, 0.25) is 0 Å². The molecule has 0 radical (unpaired) electrons. The molecular formula is C16H13F3N4O2. The highest BCUT2D eigenvalue weighted by Gasteiger charge is 2.35. The van der Waals surface area contributed by atoms with Crippen LogP contribution in [0.4, 0.5) is 19.0 Å². The molecule has 9 heteroatoms. The Kier molecular flexibility index (Phi) is 3.45. The molecule has 0 aliphatic carbocycles. The van der Waals surface area contributed by atoms with Crippen molar-refractivity contribution in [1.29, 1.82) is 0 Å². The molecule has 1 aromatic carbocycles. The summed E-state index contributed by atoms with van der Waals surface area (Å²) in [5, 5.41) is 3.46. The number of anilines is 1. The summed E-state index contributed by atoms with van der Waals surface area (Å²) in [6, 6.07) is 7.06. The first-order chi connectivity index (χ1) is 11.9. The van der Waals surface area contributed by atoms with Crippen LogP contribution >= 0.6 is 0 Å². The predicted octanol–water partition coefficient (Wildman–Crippen LogP) is 3.63. The lowest BCUT2D eigenvalue weighted by Gasteiger charge is -2.11. The van der Waals surface area contributed by atoms with Gasteiger partial charge in [-0.05, 0) is 30.7 Å². The van der Waals surface area contributed by atoms with Crippen molar-refractivity contribution < 1.29 is 22.6 Å². The van der Waals surface area contributed by atoms with Crippen molar-refractivity contribution in [3.05, 3.63) is 41.3 Å². The average molecular weight is 350 g/mol. The smallest absolute Gasteiger partial charge is 0.451 e. The third-order valence-electron chi connectivity index (χ3n) is 3.77. The Morgan fingerprint density at radius 3 is 2.76 bits per heavy atom. The lowest BCUT2D eigenvalue weighted by atomic mass is 10.2. The summed E-state index contributed by atoms with van der Waals surface area (Å²) >= 11 is 0. The molecule has 0 amide bonds. The van der Waals surface area contributed by atoms with E-state index in [-0.39, 0.29) is 24.8 Å². The maximum absolute atomic E-state index is 13.0. The lowest BCUT2D eigenvalue weighted by molar-refractivity contribution is -0.144. The Hall–Kier alpha value is -2.97. The van der Waals surface area contributed by atoms with E-state index in [0.29, 0.717) is 22.6 Å². The quantitative estimate of drug-likeness (QED) is 0.755. The van der Waals surface area contributed by atoms with E-state index in [0.717, 1.165) is 5.56 Å². The number of hydrogen-bond donors (Lipinski definition) is 2. The molecule has 0 spiro atoms. The maximum Gasteiger partial charge on any atom is 0.451 e. The molecule has 1 aliphatic heterocycles. The lowest BCUT2D eigenvalue weighted by Crippen LogP contribution is -2.13. The molecule has 130 valence electrons. The van der Waals surface area contributed by atoms with Gasteiger partial charge in [-0.15, -0.1) is 0 Å². The fourth-order valence-electron chi connectivity index (χ4n) is 2.64. The van der Waals surface area contributed by atoms with Crippen molar-refractivity contribution >= 4 is 16.9 Å². The Labute approximate surface area is 140 Å². The number of aryl methyl sites for hydroxylation is 1. The normalized spacial score (nSPS) is 13.4. The number of nitrogens with one attached hydrogen (secondary N) is 2. The van der Waals surface area contributed by atoms with Crippen LogP contribution in [-0.4, -0.2) is 21.7 Å². The van der Waals surface area contributed by atoms with Crippen LogP contribution in [0.25, 0.3) is 11.0 Å². The van der Waals surface area contributed by atoms with Crippen LogP contribution in [0.3, 0.4) is 0 Å². The van der Waals surface area contributed by atoms with Gasteiger partial charge in [0.1, 0.15) is 11.5 Å². The van der Waals surface area contributed by atoms with E-state index in [1.54, 1.807) is 25.1 Å². The highest BCUT2D eigenvalue weighted by Crippen LogP contribution is 2.33. The Balaban J connectivity index is 1.66. The fourth-order valence-corrected chi connectivity index (χ4v) is 2.64. The maximum atomic E-state index is 13.0. The zero-order valence-electron chi connectivity index (χ0n) is 13.1. The number of aromatic amines is 1. The van der Waals surface area contributed by atoms with Gasteiger partial charge in [-0.25, -0.2) is 9.97 Å². The molecule has 2 N–H and O–H groups in total. The van der Waals surface area contributed by atoms with Crippen LogP contribution in [0, 0.1) is 6.92 Å². The summed E-state index contributed by atoms with van der Waals surface area (Å²) in [6.45, 7) is 2.19. The van der Waals surface area contributed by atoms with Crippen molar-refractivity contribution in [1.82, 2.24) is 15.0 Å². The third-order valence-corrected chi connectivity index (χ3v) is 3.77. The van der Waals surface area contributed by atoms with Crippen LogP contribution in [0.15, 0.2) is 24.3 Å². The summed E-state index contributed by atoms with van der Waals surface area (Å²) < 4.78 is 49.6. The number of nitrogens with zero attached hydrogens (tertiary/aromatic N) is 2. The first kappa shape index (κ1) is 15.6. The summed E-state index contributed by atoms with van der Waals surface area (Å²) in [5.74, 6) is 0.198. The standard InChI is InChI=1S/C16H13F3N4O2/c1-8-4-10-13(22-15(16(17,18)19)23-14(10)21-8)20-6-9-2-3-11-12(5-9)25-7-24-11/h2-5H,6-7H2,1H3,(H2,20,21,22,23). The molecule has 25 heavy (non-hydrogen) atoms. The van der Waals surface area contributed by atoms with Crippen molar-refractivity contribution in [3.8, 4) is 11.5 Å². The minimum Gasteiger partial charge on any atom is -0.454 e. The molecular weight excluding hydrogens is 337 g/mol. The molecule has 3 heterocycles. The number of hydrogen-bond acceptors (Lipinski definition) is 5. The van der Waals surface area contributed by atoms with Gasteiger partial charge < -0.3 is 19.8 Å². The SMILES string of the molecule is Cc1cc2c(NCc3ccc4c(c3)OCO4)nc(C(F)(F)F)nc2[nH]1. The van der Waals surface area contributed by atoms with E-state index < -0.39 is 12.0 Å². The predicted molar refractivity (Wildman–Crippen MR) is 83.5 cm³/mol. The zero-order chi connectivity index (χ0) is 17.6. The van der Waals surface area contributed by atoms with Gasteiger partial charge in [0.15, 0.2) is 11.5 Å². The number of aromatic nitrogens is 3. The molecule has 1 aliphatic rings. The summed E-state index contributed by atoms with van der Waals surface area (Å²) in [7, 11) is 0. The van der Waals surface area contributed by atoms with E-state index in [1.807, 2.05) is 6.07 Å². The topological polar surface area (TPSA) is 72.1 Å². The van der Waals surface area contributed by atoms with Gasteiger partial charge in [0, 0.05) is 12.2 Å². The summed E-state index contributed by atoms with van der Waals surface area (Å²) in [5.41, 5.74) is 1.68. The van der Waals surface area contributed by atoms with Gasteiger partial charge in [-0.1, -0.05) is 6.07 Å². The molecule has 3 aromatic rings. The third kappa shape index (κ3) is 2.92. The number of rotatable bonds is 3. The number of H-pyrrole nitrogens is 1. The van der Waals surface area contributed by atoms with Gasteiger partial charge >= 0.3 is 6.18 Å². The molecule has 0 fully saturated rings. The van der Waals surface area contributed by atoms with Crippen molar-refractivity contribution in [2.24, 2.45) is 0 Å². The molecule has 0 unspecified atom stereocenters. The highest BCUT2D eigenvalue weighted by atomic mass is 19.4. The minimum atomic E-state index is -4.62. The van der Waals surface area contributed by atoms with E-state index >= 15 is 0 Å². The largest absolute Gasteiger partial charge is 0.454 e. The van der Waals surface area contributed by atoms with Gasteiger partial charge in [0.25, 0.3) is 0 Å². The number of halogens is 3. The van der Waals surface area contributed by atoms with Crippen LogP contribution in [0.5, 0.6) is 11.5 Å². The number of ether oxygens (including phenoxy) is 2.